The summed E-state index contributed by atoms with van der Waals surface area (Å²) in [5.41, 5.74) is 3.35. The van der Waals surface area contributed by atoms with Gasteiger partial charge in [-0.25, -0.2) is 4.39 Å². The Labute approximate surface area is 111 Å². The van der Waals surface area contributed by atoms with E-state index in [2.05, 4.69) is 5.16 Å². The molecule has 3 rings (SSSR count). The highest BCUT2D eigenvalue weighted by molar-refractivity contribution is 5.83. The average Bonchev–Trinajstić information content (AvgIpc) is 2.86. The maximum atomic E-state index is 14.2. The monoisotopic (exact) mass is 255 g/mol. The SMILES string of the molecule is CC1=NO[C@@H](c2c(F)cccc2-c2ccccc2)C1. The van der Waals surface area contributed by atoms with Gasteiger partial charge in [-0.1, -0.05) is 47.6 Å². The van der Waals surface area contributed by atoms with Gasteiger partial charge in [0.1, 0.15) is 5.82 Å². The van der Waals surface area contributed by atoms with Crippen LogP contribution in [0.2, 0.25) is 0 Å². The smallest absolute Gasteiger partial charge is 0.161 e. The minimum Gasteiger partial charge on any atom is -0.387 e. The summed E-state index contributed by atoms with van der Waals surface area (Å²) in [5, 5.41) is 3.92. The molecule has 2 nitrogen and oxygen atoms in total. The van der Waals surface area contributed by atoms with Gasteiger partial charge in [0.15, 0.2) is 6.10 Å². The van der Waals surface area contributed by atoms with Gasteiger partial charge in [0, 0.05) is 12.0 Å². The minimum absolute atomic E-state index is 0.240. The van der Waals surface area contributed by atoms with Crippen molar-refractivity contribution >= 4 is 5.71 Å². The Hall–Kier alpha value is -2.16. The largest absolute Gasteiger partial charge is 0.387 e. The number of benzene rings is 2. The molecule has 0 bridgehead atoms. The minimum atomic E-state index is -0.323. The van der Waals surface area contributed by atoms with Gasteiger partial charge in [0.05, 0.1) is 5.71 Å². The summed E-state index contributed by atoms with van der Waals surface area (Å²) in [7, 11) is 0. The fourth-order valence-electron chi connectivity index (χ4n) is 2.38. The third-order valence-electron chi connectivity index (χ3n) is 3.28. The molecule has 0 aliphatic carbocycles. The summed E-state index contributed by atoms with van der Waals surface area (Å²) in [4.78, 5) is 5.34. The highest BCUT2D eigenvalue weighted by Crippen LogP contribution is 2.36. The first kappa shape index (κ1) is 11.9. The predicted octanol–water partition coefficient (Wildman–Crippen LogP) is 4.33. The van der Waals surface area contributed by atoms with Crippen LogP contribution >= 0.6 is 0 Å². The van der Waals surface area contributed by atoms with Crippen molar-refractivity contribution in [2.75, 3.05) is 0 Å². The summed E-state index contributed by atoms with van der Waals surface area (Å²) in [5.74, 6) is -0.240. The molecule has 0 aromatic heterocycles. The van der Waals surface area contributed by atoms with E-state index in [-0.39, 0.29) is 11.9 Å². The Morgan fingerprint density at radius 3 is 2.58 bits per heavy atom. The van der Waals surface area contributed by atoms with E-state index >= 15 is 0 Å². The zero-order chi connectivity index (χ0) is 13.2. The number of rotatable bonds is 2. The molecule has 19 heavy (non-hydrogen) atoms. The van der Waals surface area contributed by atoms with Gasteiger partial charge in [0.25, 0.3) is 0 Å². The third kappa shape index (κ3) is 2.24. The molecular formula is C16H14FNO. The second-order valence-corrected chi connectivity index (χ2v) is 4.69. The molecule has 0 saturated carbocycles. The lowest BCUT2D eigenvalue weighted by Gasteiger charge is -2.15. The van der Waals surface area contributed by atoms with Gasteiger partial charge in [-0.3, -0.25) is 0 Å². The van der Waals surface area contributed by atoms with Crippen molar-refractivity contribution in [1.29, 1.82) is 0 Å². The normalized spacial score (nSPS) is 18.0. The van der Waals surface area contributed by atoms with Crippen molar-refractivity contribution in [3.8, 4) is 11.1 Å². The molecule has 3 heteroatoms. The van der Waals surface area contributed by atoms with Crippen LogP contribution in [0.25, 0.3) is 11.1 Å². The van der Waals surface area contributed by atoms with E-state index in [4.69, 9.17) is 4.84 Å². The van der Waals surface area contributed by atoms with Crippen LogP contribution in [-0.4, -0.2) is 5.71 Å². The molecular weight excluding hydrogens is 241 g/mol. The Bertz CT molecular complexity index is 622. The second-order valence-electron chi connectivity index (χ2n) is 4.69. The van der Waals surface area contributed by atoms with Crippen molar-refractivity contribution in [3.05, 3.63) is 59.9 Å². The van der Waals surface area contributed by atoms with Crippen LogP contribution in [0.5, 0.6) is 0 Å². The van der Waals surface area contributed by atoms with E-state index in [0.29, 0.717) is 12.0 Å². The summed E-state index contributed by atoms with van der Waals surface area (Å²) in [6.07, 6.45) is 0.317. The number of hydrogen-bond donors (Lipinski definition) is 0. The maximum absolute atomic E-state index is 14.2. The van der Waals surface area contributed by atoms with E-state index in [1.165, 1.54) is 6.07 Å². The van der Waals surface area contributed by atoms with Crippen molar-refractivity contribution in [2.45, 2.75) is 19.4 Å². The van der Waals surface area contributed by atoms with E-state index < -0.39 is 0 Å². The molecule has 0 saturated heterocycles. The summed E-state index contributed by atoms with van der Waals surface area (Å²) in [6, 6.07) is 14.9. The zero-order valence-electron chi connectivity index (χ0n) is 10.6. The third-order valence-corrected chi connectivity index (χ3v) is 3.28. The molecule has 0 spiro atoms. The van der Waals surface area contributed by atoms with Gasteiger partial charge in [-0.15, -0.1) is 0 Å². The lowest BCUT2D eigenvalue weighted by molar-refractivity contribution is 0.0834. The molecule has 1 atom stereocenters. The van der Waals surface area contributed by atoms with Gasteiger partial charge >= 0.3 is 0 Å². The summed E-state index contributed by atoms with van der Waals surface area (Å²) >= 11 is 0. The number of halogens is 1. The number of nitrogens with zero attached hydrogens (tertiary/aromatic N) is 1. The molecule has 0 amide bonds. The van der Waals surface area contributed by atoms with Crippen molar-refractivity contribution in [3.63, 3.8) is 0 Å². The van der Waals surface area contributed by atoms with Crippen molar-refractivity contribution < 1.29 is 9.23 Å². The lowest BCUT2D eigenvalue weighted by atomic mass is 9.94. The highest BCUT2D eigenvalue weighted by Gasteiger charge is 2.26. The molecule has 1 aliphatic heterocycles. The van der Waals surface area contributed by atoms with Gasteiger partial charge < -0.3 is 4.84 Å². The maximum Gasteiger partial charge on any atom is 0.161 e. The molecule has 0 unspecified atom stereocenters. The number of oxime groups is 1. The molecule has 0 radical (unpaired) electrons. The van der Waals surface area contributed by atoms with Crippen LogP contribution in [0.15, 0.2) is 53.7 Å². The topological polar surface area (TPSA) is 21.6 Å². The Morgan fingerprint density at radius 2 is 1.89 bits per heavy atom. The molecule has 2 aromatic carbocycles. The van der Waals surface area contributed by atoms with Crippen LogP contribution in [0.3, 0.4) is 0 Å². The van der Waals surface area contributed by atoms with Crippen LogP contribution < -0.4 is 0 Å². The van der Waals surface area contributed by atoms with E-state index in [1.54, 1.807) is 6.07 Å². The number of hydrogen-bond acceptors (Lipinski definition) is 2. The predicted molar refractivity (Wildman–Crippen MR) is 73.4 cm³/mol. The summed E-state index contributed by atoms with van der Waals surface area (Å²) < 4.78 is 14.2. The first-order chi connectivity index (χ1) is 9.25. The molecule has 1 heterocycles. The van der Waals surface area contributed by atoms with E-state index in [0.717, 1.165) is 16.8 Å². The fourth-order valence-corrected chi connectivity index (χ4v) is 2.38. The first-order valence-electron chi connectivity index (χ1n) is 6.29. The van der Waals surface area contributed by atoms with Gasteiger partial charge in [0.2, 0.25) is 0 Å². The van der Waals surface area contributed by atoms with Gasteiger partial charge in [-0.2, -0.15) is 0 Å². The zero-order valence-corrected chi connectivity index (χ0v) is 10.6. The van der Waals surface area contributed by atoms with Crippen LogP contribution in [0.4, 0.5) is 4.39 Å². The molecule has 1 aliphatic rings. The average molecular weight is 255 g/mol. The van der Waals surface area contributed by atoms with Crippen LogP contribution in [0.1, 0.15) is 25.0 Å². The summed E-state index contributed by atoms with van der Waals surface area (Å²) in [6.45, 7) is 1.89. The molecule has 96 valence electrons. The quantitative estimate of drug-likeness (QED) is 0.782. The molecule has 2 aromatic rings. The highest BCUT2D eigenvalue weighted by atomic mass is 19.1. The Kier molecular flexibility index (Phi) is 3.03. The van der Waals surface area contributed by atoms with E-state index in [9.17, 15) is 4.39 Å². The molecule has 0 fully saturated rings. The van der Waals surface area contributed by atoms with Crippen molar-refractivity contribution in [1.82, 2.24) is 0 Å². The van der Waals surface area contributed by atoms with Crippen LogP contribution in [-0.2, 0) is 4.84 Å². The van der Waals surface area contributed by atoms with Crippen LogP contribution in [0, 0.1) is 5.82 Å². The molecule has 0 N–H and O–H groups in total. The first-order valence-corrected chi connectivity index (χ1v) is 6.29. The fraction of sp³-hybridized carbons (Fsp3) is 0.188. The second kappa shape index (κ2) is 4.84. The Morgan fingerprint density at radius 1 is 1.11 bits per heavy atom. The van der Waals surface area contributed by atoms with Crippen molar-refractivity contribution in [2.24, 2.45) is 5.16 Å². The van der Waals surface area contributed by atoms with E-state index in [1.807, 2.05) is 43.3 Å². The van der Waals surface area contributed by atoms with Gasteiger partial charge in [-0.05, 0) is 24.1 Å². The lowest BCUT2D eigenvalue weighted by Crippen LogP contribution is -2.03. The Balaban J connectivity index is 2.08. The standard InChI is InChI=1S/C16H14FNO/c1-11-10-15(19-18-11)16-13(8-5-9-14(16)17)12-6-3-2-4-7-12/h2-9,15H,10H2,1H3/t15-/m1/s1.